The van der Waals surface area contributed by atoms with Crippen LogP contribution < -0.4 is 10.6 Å². The van der Waals surface area contributed by atoms with Gasteiger partial charge in [0.1, 0.15) is 6.54 Å². The maximum atomic E-state index is 4.66. The average molecular weight is 471 g/mol. The SMILES string of the molecule is CCNC(=NCc1nnc2ccccn12)NCCN(C(C)C)C1CC1.I. The van der Waals surface area contributed by atoms with Gasteiger partial charge < -0.3 is 10.6 Å². The standard InChI is InChI=1S/C18H29N7.HI/c1-4-19-18(20-10-12-24(14(2)3)15-8-9-15)21-13-17-23-22-16-7-5-6-11-25(16)17;/h5-7,11,14-15H,4,8-10,12-13H2,1-3H3,(H2,19,20,21);1H. The summed E-state index contributed by atoms with van der Waals surface area (Å²) in [6.45, 7) is 9.89. The smallest absolute Gasteiger partial charge is 0.191 e. The monoisotopic (exact) mass is 471 g/mol. The first-order chi connectivity index (χ1) is 12.2. The number of halogens is 1. The summed E-state index contributed by atoms with van der Waals surface area (Å²) in [5.74, 6) is 1.67. The summed E-state index contributed by atoms with van der Waals surface area (Å²) >= 11 is 0. The van der Waals surface area contributed by atoms with Crippen molar-refractivity contribution in [1.29, 1.82) is 0 Å². The van der Waals surface area contributed by atoms with Gasteiger partial charge in [0.2, 0.25) is 0 Å². The van der Waals surface area contributed by atoms with Crippen LogP contribution >= 0.6 is 24.0 Å². The molecule has 0 atom stereocenters. The Labute approximate surface area is 172 Å². The number of hydrogen-bond donors (Lipinski definition) is 2. The highest BCUT2D eigenvalue weighted by Gasteiger charge is 2.30. The van der Waals surface area contributed by atoms with Crippen LogP contribution in [0.15, 0.2) is 29.4 Å². The summed E-state index contributed by atoms with van der Waals surface area (Å²) in [6, 6.07) is 7.26. The molecular formula is C18H30IN7. The van der Waals surface area contributed by atoms with Gasteiger partial charge in [-0.25, -0.2) is 4.99 Å². The summed E-state index contributed by atoms with van der Waals surface area (Å²) in [5, 5.41) is 15.1. The fraction of sp³-hybridized carbons (Fsp3) is 0.611. The van der Waals surface area contributed by atoms with Crippen molar-refractivity contribution in [3.63, 3.8) is 0 Å². The third-order valence-corrected chi connectivity index (χ3v) is 4.45. The molecule has 1 saturated carbocycles. The molecule has 0 aromatic carbocycles. The molecule has 2 N–H and O–H groups in total. The van der Waals surface area contributed by atoms with Gasteiger partial charge in [0.25, 0.3) is 0 Å². The largest absolute Gasteiger partial charge is 0.357 e. The fourth-order valence-electron chi connectivity index (χ4n) is 3.06. The van der Waals surface area contributed by atoms with Gasteiger partial charge in [-0.05, 0) is 45.7 Å². The quantitative estimate of drug-likeness (QED) is 0.351. The van der Waals surface area contributed by atoms with E-state index in [1.807, 2.05) is 28.8 Å². The first-order valence-electron chi connectivity index (χ1n) is 9.25. The molecule has 0 saturated heterocycles. The predicted octanol–water partition coefficient (Wildman–Crippen LogP) is 2.28. The molecule has 1 aliphatic rings. The van der Waals surface area contributed by atoms with Crippen LogP contribution in [0.4, 0.5) is 0 Å². The van der Waals surface area contributed by atoms with Gasteiger partial charge in [-0.1, -0.05) is 6.07 Å². The summed E-state index contributed by atoms with van der Waals surface area (Å²) in [7, 11) is 0. The molecule has 0 bridgehead atoms. The second kappa shape index (κ2) is 10.1. The number of pyridine rings is 1. The zero-order chi connectivity index (χ0) is 17.6. The van der Waals surface area contributed by atoms with Crippen LogP contribution in [0.3, 0.4) is 0 Å². The van der Waals surface area contributed by atoms with E-state index < -0.39 is 0 Å². The Morgan fingerprint density at radius 1 is 1.31 bits per heavy atom. The third kappa shape index (κ3) is 5.54. The van der Waals surface area contributed by atoms with Crippen LogP contribution in [0.2, 0.25) is 0 Å². The molecule has 3 rings (SSSR count). The zero-order valence-electron chi connectivity index (χ0n) is 15.9. The van der Waals surface area contributed by atoms with Gasteiger partial charge in [0, 0.05) is 37.9 Å². The van der Waals surface area contributed by atoms with E-state index in [9.17, 15) is 0 Å². The molecule has 0 unspecified atom stereocenters. The van der Waals surface area contributed by atoms with E-state index in [1.54, 1.807) is 0 Å². The van der Waals surface area contributed by atoms with Gasteiger partial charge in [-0.3, -0.25) is 9.30 Å². The lowest BCUT2D eigenvalue weighted by molar-refractivity contribution is 0.215. The second-order valence-corrected chi connectivity index (χ2v) is 6.73. The van der Waals surface area contributed by atoms with E-state index in [0.717, 1.165) is 43.1 Å². The van der Waals surface area contributed by atoms with Crippen molar-refractivity contribution in [1.82, 2.24) is 30.1 Å². The number of nitrogens with zero attached hydrogens (tertiary/aromatic N) is 5. The lowest BCUT2D eigenvalue weighted by Gasteiger charge is -2.26. The summed E-state index contributed by atoms with van der Waals surface area (Å²) in [6.07, 6.45) is 4.65. The van der Waals surface area contributed by atoms with Gasteiger partial charge >= 0.3 is 0 Å². The highest BCUT2D eigenvalue weighted by atomic mass is 127. The lowest BCUT2D eigenvalue weighted by Crippen LogP contribution is -2.43. The Morgan fingerprint density at radius 3 is 2.81 bits per heavy atom. The third-order valence-electron chi connectivity index (χ3n) is 4.45. The minimum atomic E-state index is 0. The summed E-state index contributed by atoms with van der Waals surface area (Å²) in [4.78, 5) is 7.23. The Hall–Kier alpha value is -1.42. The van der Waals surface area contributed by atoms with Crippen LogP contribution in [0.1, 0.15) is 39.4 Å². The van der Waals surface area contributed by atoms with E-state index in [2.05, 4.69) is 51.5 Å². The normalized spacial score (nSPS) is 14.7. The van der Waals surface area contributed by atoms with Crippen LogP contribution in [-0.4, -0.2) is 57.2 Å². The van der Waals surface area contributed by atoms with Crippen molar-refractivity contribution >= 4 is 35.6 Å². The molecule has 2 aromatic rings. The van der Waals surface area contributed by atoms with Crippen molar-refractivity contribution in [3.05, 3.63) is 30.2 Å². The summed E-state index contributed by atoms with van der Waals surface area (Å²) < 4.78 is 1.97. The van der Waals surface area contributed by atoms with E-state index in [4.69, 9.17) is 0 Å². The average Bonchev–Trinajstić information content (AvgIpc) is 3.36. The minimum Gasteiger partial charge on any atom is -0.357 e. The molecule has 2 heterocycles. The number of rotatable bonds is 8. The number of fused-ring (bicyclic) bond motifs is 1. The van der Waals surface area contributed by atoms with E-state index in [1.165, 1.54) is 12.8 Å². The molecular weight excluding hydrogens is 441 g/mol. The van der Waals surface area contributed by atoms with E-state index in [-0.39, 0.29) is 24.0 Å². The van der Waals surface area contributed by atoms with E-state index >= 15 is 0 Å². The topological polar surface area (TPSA) is 69.8 Å². The molecule has 2 aromatic heterocycles. The zero-order valence-corrected chi connectivity index (χ0v) is 18.2. The van der Waals surface area contributed by atoms with Crippen LogP contribution in [-0.2, 0) is 6.54 Å². The fourth-order valence-corrected chi connectivity index (χ4v) is 3.06. The maximum absolute atomic E-state index is 4.66. The van der Waals surface area contributed by atoms with Crippen molar-refractivity contribution in [2.75, 3.05) is 19.6 Å². The first kappa shape index (κ1) is 20.9. The molecule has 7 nitrogen and oxygen atoms in total. The second-order valence-electron chi connectivity index (χ2n) is 6.73. The molecule has 26 heavy (non-hydrogen) atoms. The molecule has 144 valence electrons. The van der Waals surface area contributed by atoms with Crippen LogP contribution in [0.5, 0.6) is 0 Å². The number of aliphatic imine (C=N–C) groups is 1. The van der Waals surface area contributed by atoms with Gasteiger partial charge in [0.15, 0.2) is 17.4 Å². The highest BCUT2D eigenvalue weighted by molar-refractivity contribution is 14.0. The molecule has 0 amide bonds. The Balaban J connectivity index is 0.00000243. The molecule has 0 radical (unpaired) electrons. The number of hydrogen-bond acceptors (Lipinski definition) is 4. The number of nitrogens with one attached hydrogen (secondary N) is 2. The van der Waals surface area contributed by atoms with Gasteiger partial charge in [-0.15, -0.1) is 34.2 Å². The van der Waals surface area contributed by atoms with Crippen LogP contribution in [0, 0.1) is 0 Å². The van der Waals surface area contributed by atoms with Crippen molar-refractivity contribution in [3.8, 4) is 0 Å². The molecule has 1 aliphatic carbocycles. The van der Waals surface area contributed by atoms with Gasteiger partial charge in [0.05, 0.1) is 0 Å². The Bertz CT molecular complexity index is 706. The molecule has 0 spiro atoms. The van der Waals surface area contributed by atoms with E-state index in [0.29, 0.717) is 12.6 Å². The molecule has 1 fully saturated rings. The predicted molar refractivity (Wildman–Crippen MR) is 116 cm³/mol. The number of aromatic nitrogens is 3. The summed E-state index contributed by atoms with van der Waals surface area (Å²) in [5.41, 5.74) is 0.850. The number of guanidine groups is 1. The highest BCUT2D eigenvalue weighted by Crippen LogP contribution is 2.27. The van der Waals surface area contributed by atoms with Crippen molar-refractivity contribution in [2.45, 2.75) is 52.2 Å². The maximum Gasteiger partial charge on any atom is 0.191 e. The Kier molecular flexibility index (Phi) is 8.08. The minimum absolute atomic E-state index is 0. The lowest BCUT2D eigenvalue weighted by atomic mass is 10.3. The van der Waals surface area contributed by atoms with Crippen molar-refractivity contribution in [2.24, 2.45) is 4.99 Å². The molecule has 0 aliphatic heterocycles. The first-order valence-corrected chi connectivity index (χ1v) is 9.25. The van der Waals surface area contributed by atoms with Crippen molar-refractivity contribution < 1.29 is 0 Å². The van der Waals surface area contributed by atoms with Gasteiger partial charge in [-0.2, -0.15) is 0 Å². The Morgan fingerprint density at radius 2 is 2.12 bits per heavy atom. The molecule has 8 heteroatoms. The van der Waals surface area contributed by atoms with Crippen LogP contribution in [0.25, 0.3) is 5.65 Å².